The number of hydrogen-bond acceptors (Lipinski definition) is 4. The first kappa shape index (κ1) is 21.2. The standard InChI is InChI=1S/C25H30O4/c1-4-8-18-15-23-20(22(10-6-3)25(18)27-14-7-13-26)11-12-24(21(23)9-5-2)29-17-19-16-28-19/h4-6,11-12,15,19,26H,1-3,7-10,13-14,16-17H2. The topological polar surface area (TPSA) is 51.2 Å². The minimum absolute atomic E-state index is 0.107. The third-order valence-electron chi connectivity index (χ3n) is 4.96. The maximum absolute atomic E-state index is 9.14. The summed E-state index contributed by atoms with van der Waals surface area (Å²) in [6.45, 7) is 13.7. The summed E-state index contributed by atoms with van der Waals surface area (Å²) < 4.78 is 17.5. The SMILES string of the molecule is C=CCc1cc2c(CC=C)c(OCC3CO3)ccc2c(CC=C)c1OCCCO. The third-order valence-corrected chi connectivity index (χ3v) is 4.96. The van der Waals surface area contributed by atoms with Gasteiger partial charge in [-0.1, -0.05) is 24.3 Å². The summed E-state index contributed by atoms with van der Waals surface area (Å²) in [5.74, 6) is 1.74. The van der Waals surface area contributed by atoms with Gasteiger partial charge in [-0.3, -0.25) is 0 Å². The molecule has 0 bridgehead atoms. The van der Waals surface area contributed by atoms with Gasteiger partial charge in [0.15, 0.2) is 0 Å². The van der Waals surface area contributed by atoms with Crippen molar-refractivity contribution in [1.82, 2.24) is 0 Å². The van der Waals surface area contributed by atoms with E-state index < -0.39 is 0 Å². The Kier molecular flexibility index (Phi) is 7.50. The molecule has 0 aromatic heterocycles. The van der Waals surface area contributed by atoms with Crippen molar-refractivity contribution in [2.24, 2.45) is 0 Å². The fraction of sp³-hybridized carbons (Fsp3) is 0.360. The van der Waals surface area contributed by atoms with Gasteiger partial charge in [0.25, 0.3) is 0 Å². The molecule has 1 saturated heterocycles. The zero-order valence-electron chi connectivity index (χ0n) is 17.0. The Morgan fingerprint density at radius 2 is 1.72 bits per heavy atom. The van der Waals surface area contributed by atoms with Crippen LogP contribution in [0.5, 0.6) is 11.5 Å². The molecule has 0 aliphatic carbocycles. The molecule has 29 heavy (non-hydrogen) atoms. The van der Waals surface area contributed by atoms with Crippen LogP contribution in [0.2, 0.25) is 0 Å². The summed E-state index contributed by atoms with van der Waals surface area (Å²) >= 11 is 0. The Balaban J connectivity index is 2.15. The Morgan fingerprint density at radius 1 is 1.00 bits per heavy atom. The van der Waals surface area contributed by atoms with E-state index in [0.717, 1.165) is 45.6 Å². The molecule has 2 aromatic rings. The molecule has 3 rings (SSSR count). The second-order valence-electron chi connectivity index (χ2n) is 7.15. The molecule has 0 radical (unpaired) electrons. The average molecular weight is 395 g/mol. The number of epoxide rings is 1. The van der Waals surface area contributed by atoms with Crippen molar-refractivity contribution in [1.29, 1.82) is 0 Å². The molecule has 1 unspecified atom stereocenters. The molecule has 4 heteroatoms. The summed E-state index contributed by atoms with van der Waals surface area (Å²) in [5.41, 5.74) is 3.31. The van der Waals surface area contributed by atoms with Crippen LogP contribution in [0.4, 0.5) is 0 Å². The molecule has 1 atom stereocenters. The van der Waals surface area contributed by atoms with Crippen molar-refractivity contribution >= 4 is 10.8 Å². The average Bonchev–Trinajstić information content (AvgIpc) is 3.54. The number of aliphatic hydroxyl groups is 1. The molecule has 2 aromatic carbocycles. The number of rotatable bonds is 13. The van der Waals surface area contributed by atoms with E-state index in [4.69, 9.17) is 19.3 Å². The monoisotopic (exact) mass is 394 g/mol. The van der Waals surface area contributed by atoms with E-state index in [9.17, 15) is 0 Å². The van der Waals surface area contributed by atoms with Crippen molar-refractivity contribution in [3.05, 3.63) is 72.9 Å². The maximum atomic E-state index is 9.14. The van der Waals surface area contributed by atoms with Gasteiger partial charge in [0.1, 0.15) is 24.2 Å². The number of allylic oxidation sites excluding steroid dienone is 3. The van der Waals surface area contributed by atoms with Gasteiger partial charge >= 0.3 is 0 Å². The Labute approximate surface area is 173 Å². The smallest absolute Gasteiger partial charge is 0.126 e. The van der Waals surface area contributed by atoms with Crippen LogP contribution in [0, 0.1) is 0 Å². The lowest BCUT2D eigenvalue weighted by Crippen LogP contribution is -2.08. The molecular formula is C25H30O4. The third kappa shape index (κ3) is 5.08. The van der Waals surface area contributed by atoms with Gasteiger partial charge in [0, 0.05) is 24.2 Å². The number of hydrogen-bond donors (Lipinski definition) is 1. The summed E-state index contributed by atoms with van der Waals surface area (Å²) in [6, 6.07) is 6.30. The van der Waals surface area contributed by atoms with E-state index in [1.54, 1.807) is 0 Å². The zero-order valence-corrected chi connectivity index (χ0v) is 17.0. The Hall–Kier alpha value is -2.56. The van der Waals surface area contributed by atoms with Crippen molar-refractivity contribution in [3.8, 4) is 11.5 Å². The first-order chi connectivity index (χ1) is 14.2. The maximum Gasteiger partial charge on any atom is 0.126 e. The van der Waals surface area contributed by atoms with E-state index >= 15 is 0 Å². The molecule has 0 amide bonds. The number of fused-ring (bicyclic) bond motifs is 1. The van der Waals surface area contributed by atoms with E-state index in [-0.39, 0.29) is 12.7 Å². The van der Waals surface area contributed by atoms with Crippen LogP contribution in [-0.4, -0.2) is 37.6 Å². The Bertz CT molecular complexity index is 880. The highest BCUT2D eigenvalue weighted by Crippen LogP contribution is 2.38. The van der Waals surface area contributed by atoms with E-state index in [2.05, 4.69) is 31.9 Å². The lowest BCUT2D eigenvalue weighted by Gasteiger charge is -2.20. The van der Waals surface area contributed by atoms with Crippen LogP contribution in [-0.2, 0) is 24.0 Å². The van der Waals surface area contributed by atoms with Crippen molar-refractivity contribution in [3.63, 3.8) is 0 Å². The highest BCUT2D eigenvalue weighted by molar-refractivity contribution is 5.93. The quantitative estimate of drug-likeness (QED) is 0.307. The number of benzene rings is 2. The molecule has 0 saturated carbocycles. The van der Waals surface area contributed by atoms with Gasteiger partial charge in [0.2, 0.25) is 0 Å². The summed E-state index contributed by atoms with van der Waals surface area (Å²) in [5, 5.41) is 11.4. The summed E-state index contributed by atoms with van der Waals surface area (Å²) in [7, 11) is 0. The number of aliphatic hydroxyl groups excluding tert-OH is 1. The van der Waals surface area contributed by atoms with Crippen LogP contribution >= 0.6 is 0 Å². The van der Waals surface area contributed by atoms with Crippen LogP contribution in [0.15, 0.2) is 56.2 Å². The lowest BCUT2D eigenvalue weighted by molar-refractivity contribution is 0.232. The second kappa shape index (κ2) is 10.3. The van der Waals surface area contributed by atoms with Crippen molar-refractivity contribution < 1.29 is 19.3 Å². The van der Waals surface area contributed by atoms with Gasteiger partial charge in [-0.25, -0.2) is 0 Å². The fourth-order valence-electron chi connectivity index (χ4n) is 3.54. The largest absolute Gasteiger partial charge is 0.493 e. The minimum Gasteiger partial charge on any atom is -0.493 e. The highest BCUT2D eigenvalue weighted by Gasteiger charge is 2.24. The molecule has 154 valence electrons. The molecule has 0 spiro atoms. The second-order valence-corrected chi connectivity index (χ2v) is 7.15. The minimum atomic E-state index is 0.107. The molecule has 1 fully saturated rings. The van der Waals surface area contributed by atoms with Gasteiger partial charge in [0.05, 0.1) is 13.2 Å². The van der Waals surface area contributed by atoms with E-state index in [1.807, 2.05) is 24.3 Å². The van der Waals surface area contributed by atoms with Crippen molar-refractivity contribution in [2.45, 2.75) is 31.8 Å². The number of ether oxygens (including phenoxy) is 3. The van der Waals surface area contributed by atoms with Crippen LogP contribution in [0.25, 0.3) is 10.8 Å². The molecule has 4 nitrogen and oxygen atoms in total. The van der Waals surface area contributed by atoms with E-state index in [0.29, 0.717) is 38.9 Å². The van der Waals surface area contributed by atoms with Gasteiger partial charge in [-0.2, -0.15) is 0 Å². The highest BCUT2D eigenvalue weighted by atomic mass is 16.6. The Morgan fingerprint density at radius 3 is 2.38 bits per heavy atom. The molecule has 1 heterocycles. The summed E-state index contributed by atoms with van der Waals surface area (Å²) in [4.78, 5) is 0. The van der Waals surface area contributed by atoms with Gasteiger partial charge < -0.3 is 19.3 Å². The van der Waals surface area contributed by atoms with Crippen LogP contribution in [0.1, 0.15) is 23.1 Å². The molecule has 1 aliphatic rings. The van der Waals surface area contributed by atoms with Gasteiger partial charge in [-0.05, 0) is 47.7 Å². The van der Waals surface area contributed by atoms with Crippen molar-refractivity contribution in [2.75, 3.05) is 26.4 Å². The first-order valence-electron chi connectivity index (χ1n) is 10.1. The first-order valence-corrected chi connectivity index (χ1v) is 10.1. The molecular weight excluding hydrogens is 364 g/mol. The molecule has 1 aliphatic heterocycles. The lowest BCUT2D eigenvalue weighted by atomic mass is 9.91. The van der Waals surface area contributed by atoms with Gasteiger partial charge in [-0.15, -0.1) is 19.7 Å². The predicted molar refractivity (Wildman–Crippen MR) is 118 cm³/mol. The van der Waals surface area contributed by atoms with Crippen LogP contribution < -0.4 is 9.47 Å². The normalized spacial score (nSPS) is 15.1. The molecule has 1 N–H and O–H groups in total. The van der Waals surface area contributed by atoms with Crippen LogP contribution in [0.3, 0.4) is 0 Å². The zero-order chi connectivity index (χ0) is 20.6. The summed E-state index contributed by atoms with van der Waals surface area (Å²) in [6.07, 6.45) is 8.59. The predicted octanol–water partition coefficient (Wildman–Crippen LogP) is 4.56. The van der Waals surface area contributed by atoms with E-state index in [1.165, 1.54) is 0 Å². The fourth-order valence-corrected chi connectivity index (χ4v) is 3.54.